The SMILES string of the molecule is C=C(O/C=N\CCO)C(C)(C)C. The molecule has 0 aliphatic rings. The largest absolute Gasteiger partial charge is 0.451 e. The van der Waals surface area contributed by atoms with Crippen molar-refractivity contribution in [3.63, 3.8) is 0 Å². The second kappa shape index (κ2) is 4.93. The van der Waals surface area contributed by atoms with E-state index < -0.39 is 0 Å². The highest BCUT2D eigenvalue weighted by Gasteiger charge is 2.15. The second-order valence-corrected chi connectivity index (χ2v) is 3.53. The molecule has 0 fully saturated rings. The Balaban J connectivity index is 3.72. The van der Waals surface area contributed by atoms with Gasteiger partial charge in [0.2, 0.25) is 0 Å². The molecular formula is C9H17NO2. The molecular weight excluding hydrogens is 154 g/mol. The Kier molecular flexibility index (Phi) is 4.59. The maximum Gasteiger partial charge on any atom is 0.176 e. The Bertz CT molecular complexity index is 168. The van der Waals surface area contributed by atoms with Crippen molar-refractivity contribution >= 4 is 6.40 Å². The molecule has 70 valence electrons. The number of hydrogen-bond acceptors (Lipinski definition) is 3. The fourth-order valence-electron chi connectivity index (χ4n) is 0.388. The van der Waals surface area contributed by atoms with Gasteiger partial charge in [-0.1, -0.05) is 27.4 Å². The molecule has 1 N–H and O–H groups in total. The predicted molar refractivity (Wildman–Crippen MR) is 50.1 cm³/mol. The summed E-state index contributed by atoms with van der Waals surface area (Å²) in [7, 11) is 0. The molecule has 0 aliphatic heterocycles. The highest BCUT2D eigenvalue weighted by Crippen LogP contribution is 2.23. The van der Waals surface area contributed by atoms with Gasteiger partial charge in [0.05, 0.1) is 13.2 Å². The van der Waals surface area contributed by atoms with Crippen LogP contribution in [0.15, 0.2) is 17.3 Å². The maximum absolute atomic E-state index is 8.40. The molecule has 0 unspecified atom stereocenters. The number of ether oxygens (including phenoxy) is 1. The molecule has 0 aliphatic carbocycles. The molecule has 3 heteroatoms. The van der Waals surface area contributed by atoms with Gasteiger partial charge in [0.15, 0.2) is 6.40 Å². The number of allylic oxidation sites excluding steroid dienone is 1. The summed E-state index contributed by atoms with van der Waals surface area (Å²) in [6.07, 6.45) is 1.32. The Morgan fingerprint density at radius 3 is 2.58 bits per heavy atom. The van der Waals surface area contributed by atoms with Gasteiger partial charge in [-0.15, -0.1) is 0 Å². The van der Waals surface area contributed by atoms with Crippen LogP contribution in [0.3, 0.4) is 0 Å². The summed E-state index contributed by atoms with van der Waals surface area (Å²) in [5.41, 5.74) is -0.0643. The lowest BCUT2D eigenvalue weighted by atomic mass is 9.95. The average molecular weight is 171 g/mol. The van der Waals surface area contributed by atoms with Crippen LogP contribution in [0, 0.1) is 5.41 Å². The predicted octanol–water partition coefficient (Wildman–Crippen LogP) is 1.58. The molecule has 0 radical (unpaired) electrons. The van der Waals surface area contributed by atoms with Crippen LogP contribution in [0.25, 0.3) is 0 Å². The van der Waals surface area contributed by atoms with Crippen molar-refractivity contribution in [2.75, 3.05) is 13.2 Å². The summed E-state index contributed by atoms with van der Waals surface area (Å²) in [5.74, 6) is 0.671. The van der Waals surface area contributed by atoms with Crippen LogP contribution in [0.4, 0.5) is 0 Å². The standard InChI is InChI=1S/C9H17NO2/c1-8(9(2,3)4)12-7-10-5-6-11/h7,11H,1,5-6H2,2-4H3/b10-7-. The molecule has 0 aromatic carbocycles. The lowest BCUT2D eigenvalue weighted by Crippen LogP contribution is -2.10. The van der Waals surface area contributed by atoms with Crippen molar-refractivity contribution in [3.05, 3.63) is 12.3 Å². The van der Waals surface area contributed by atoms with Gasteiger partial charge in [-0.2, -0.15) is 0 Å². The van der Waals surface area contributed by atoms with Gasteiger partial charge >= 0.3 is 0 Å². The molecule has 0 amide bonds. The molecule has 0 bridgehead atoms. The van der Waals surface area contributed by atoms with E-state index in [0.29, 0.717) is 12.3 Å². The van der Waals surface area contributed by atoms with Gasteiger partial charge in [-0.05, 0) is 0 Å². The summed E-state index contributed by atoms with van der Waals surface area (Å²) in [6.45, 7) is 10.2. The van der Waals surface area contributed by atoms with Gasteiger partial charge in [0.25, 0.3) is 0 Å². The van der Waals surface area contributed by atoms with Crippen molar-refractivity contribution in [1.82, 2.24) is 0 Å². The van der Waals surface area contributed by atoms with Crippen molar-refractivity contribution < 1.29 is 9.84 Å². The van der Waals surface area contributed by atoms with E-state index in [1.165, 1.54) is 6.40 Å². The molecule has 0 aromatic heterocycles. The molecule has 0 heterocycles. The number of aliphatic imine (C=N–C) groups is 1. The lowest BCUT2D eigenvalue weighted by molar-refractivity contribution is 0.289. The first-order valence-corrected chi connectivity index (χ1v) is 3.93. The van der Waals surface area contributed by atoms with E-state index in [9.17, 15) is 0 Å². The second-order valence-electron chi connectivity index (χ2n) is 3.53. The van der Waals surface area contributed by atoms with Gasteiger partial charge in [-0.25, -0.2) is 0 Å². The van der Waals surface area contributed by atoms with Crippen LogP contribution < -0.4 is 0 Å². The van der Waals surface area contributed by atoms with Crippen molar-refractivity contribution in [3.8, 4) is 0 Å². The number of aliphatic hydroxyl groups is 1. The highest BCUT2D eigenvalue weighted by molar-refractivity contribution is 5.48. The topological polar surface area (TPSA) is 41.8 Å². The van der Waals surface area contributed by atoms with E-state index in [1.54, 1.807) is 0 Å². The van der Waals surface area contributed by atoms with Crippen molar-refractivity contribution in [1.29, 1.82) is 0 Å². The molecule has 12 heavy (non-hydrogen) atoms. The number of aliphatic hydroxyl groups excluding tert-OH is 1. The molecule has 0 saturated carbocycles. The maximum atomic E-state index is 8.40. The summed E-state index contributed by atoms with van der Waals surface area (Å²) in [6, 6.07) is 0. The molecule has 0 spiro atoms. The third-order valence-corrected chi connectivity index (χ3v) is 1.34. The van der Waals surface area contributed by atoms with Gasteiger partial charge in [-0.3, -0.25) is 4.99 Å². The van der Waals surface area contributed by atoms with Crippen molar-refractivity contribution in [2.45, 2.75) is 20.8 Å². The quantitative estimate of drug-likeness (QED) is 0.396. The molecule has 3 nitrogen and oxygen atoms in total. The minimum absolute atomic E-state index is 0.0435. The van der Waals surface area contributed by atoms with Crippen LogP contribution in [-0.4, -0.2) is 24.7 Å². The van der Waals surface area contributed by atoms with Crippen LogP contribution in [0.1, 0.15) is 20.8 Å². The highest BCUT2D eigenvalue weighted by atomic mass is 16.5. The summed E-state index contributed by atoms with van der Waals surface area (Å²) in [5, 5.41) is 8.40. The van der Waals surface area contributed by atoms with E-state index >= 15 is 0 Å². The summed E-state index contributed by atoms with van der Waals surface area (Å²) < 4.78 is 5.11. The Labute approximate surface area is 73.8 Å². The van der Waals surface area contributed by atoms with Crippen LogP contribution in [0.5, 0.6) is 0 Å². The van der Waals surface area contributed by atoms with E-state index in [2.05, 4.69) is 11.6 Å². The van der Waals surface area contributed by atoms with Gasteiger partial charge in [0, 0.05) is 5.41 Å². The fourth-order valence-corrected chi connectivity index (χ4v) is 0.388. The summed E-state index contributed by atoms with van der Waals surface area (Å²) >= 11 is 0. The molecule has 0 rings (SSSR count). The first-order chi connectivity index (χ1) is 5.48. The fraction of sp³-hybridized carbons (Fsp3) is 0.667. The van der Waals surface area contributed by atoms with Crippen molar-refractivity contribution in [2.24, 2.45) is 10.4 Å². The molecule has 0 atom stereocenters. The smallest absolute Gasteiger partial charge is 0.176 e. The molecule has 0 saturated heterocycles. The summed E-state index contributed by atoms with van der Waals surface area (Å²) in [4.78, 5) is 3.79. The first-order valence-electron chi connectivity index (χ1n) is 3.93. The third kappa shape index (κ3) is 4.91. The van der Waals surface area contributed by atoms with Gasteiger partial charge < -0.3 is 9.84 Å². The Morgan fingerprint density at radius 1 is 1.58 bits per heavy atom. The minimum Gasteiger partial charge on any atom is -0.451 e. The van der Waals surface area contributed by atoms with E-state index in [0.717, 1.165) is 0 Å². The van der Waals surface area contributed by atoms with Gasteiger partial charge in [0.1, 0.15) is 5.76 Å². The van der Waals surface area contributed by atoms with E-state index in [4.69, 9.17) is 9.84 Å². The van der Waals surface area contributed by atoms with E-state index in [1.807, 2.05) is 20.8 Å². The van der Waals surface area contributed by atoms with Crippen LogP contribution >= 0.6 is 0 Å². The Hall–Kier alpha value is -0.830. The zero-order chi connectivity index (χ0) is 9.61. The molecule has 0 aromatic rings. The lowest BCUT2D eigenvalue weighted by Gasteiger charge is -2.19. The number of rotatable bonds is 4. The normalized spacial score (nSPS) is 12.0. The number of hydrogen-bond donors (Lipinski definition) is 1. The minimum atomic E-state index is -0.0643. The first kappa shape index (κ1) is 11.2. The zero-order valence-electron chi connectivity index (χ0n) is 8.00. The Morgan fingerprint density at radius 2 is 2.17 bits per heavy atom. The van der Waals surface area contributed by atoms with Crippen LogP contribution in [0.2, 0.25) is 0 Å². The van der Waals surface area contributed by atoms with Crippen LogP contribution in [-0.2, 0) is 4.74 Å². The average Bonchev–Trinajstić information content (AvgIpc) is 1.96. The monoisotopic (exact) mass is 171 g/mol. The van der Waals surface area contributed by atoms with E-state index in [-0.39, 0.29) is 12.0 Å². The third-order valence-electron chi connectivity index (χ3n) is 1.34. The zero-order valence-corrected chi connectivity index (χ0v) is 8.00. The number of nitrogens with zero attached hydrogens (tertiary/aromatic N) is 1.